The third kappa shape index (κ3) is 6.23. The van der Waals surface area contributed by atoms with Crippen molar-refractivity contribution >= 4 is 5.97 Å². The molecule has 1 atom stereocenters. The second-order valence-electron chi connectivity index (χ2n) is 8.52. The van der Waals surface area contributed by atoms with E-state index in [2.05, 4.69) is 22.0 Å². The summed E-state index contributed by atoms with van der Waals surface area (Å²) in [5.41, 5.74) is 2.79. The molecule has 1 aliphatic heterocycles. The predicted octanol–water partition coefficient (Wildman–Crippen LogP) is 4.47. The lowest BCUT2D eigenvalue weighted by molar-refractivity contribution is -0.148. The number of halogens is 3. The molecule has 0 aliphatic carbocycles. The lowest BCUT2D eigenvalue weighted by Crippen LogP contribution is -2.34. The Labute approximate surface area is 206 Å². The van der Waals surface area contributed by atoms with E-state index < -0.39 is 18.0 Å². The van der Waals surface area contributed by atoms with Gasteiger partial charge in [-0.1, -0.05) is 42.3 Å². The Morgan fingerprint density at radius 1 is 1.14 bits per heavy atom. The maximum atomic E-state index is 13.0. The van der Waals surface area contributed by atoms with Gasteiger partial charge in [0.2, 0.25) is 5.82 Å². The molecule has 0 spiro atoms. The van der Waals surface area contributed by atoms with Crippen molar-refractivity contribution in [1.82, 2.24) is 19.7 Å². The lowest BCUT2D eigenvalue weighted by Gasteiger charge is -2.28. The van der Waals surface area contributed by atoms with Gasteiger partial charge >= 0.3 is 12.1 Å². The Hall–Kier alpha value is -3.84. The summed E-state index contributed by atoms with van der Waals surface area (Å²) in [6.45, 7) is 3.53. The molecule has 36 heavy (non-hydrogen) atoms. The van der Waals surface area contributed by atoms with Crippen LogP contribution in [0.3, 0.4) is 0 Å². The van der Waals surface area contributed by atoms with E-state index in [4.69, 9.17) is 9.84 Å². The van der Waals surface area contributed by atoms with Gasteiger partial charge < -0.3 is 14.4 Å². The maximum Gasteiger partial charge on any atom is 0.451 e. The number of hydrogen-bond acceptors (Lipinski definition) is 5. The van der Waals surface area contributed by atoms with Crippen LogP contribution in [0.1, 0.15) is 47.6 Å². The molecule has 0 fully saturated rings. The van der Waals surface area contributed by atoms with Gasteiger partial charge in [-0.05, 0) is 35.7 Å². The molecule has 1 N–H and O–H groups in total. The molecule has 2 aromatic carbocycles. The molecule has 0 saturated heterocycles. The van der Waals surface area contributed by atoms with Crippen LogP contribution in [0.4, 0.5) is 13.2 Å². The first kappa shape index (κ1) is 25.3. The van der Waals surface area contributed by atoms with Crippen LogP contribution in [0.2, 0.25) is 0 Å². The van der Waals surface area contributed by atoms with Crippen LogP contribution in [0, 0.1) is 11.8 Å². The van der Waals surface area contributed by atoms with Crippen LogP contribution in [0.15, 0.2) is 48.5 Å². The van der Waals surface area contributed by atoms with E-state index in [9.17, 15) is 18.0 Å². The minimum atomic E-state index is -4.51. The first-order valence-corrected chi connectivity index (χ1v) is 11.4. The van der Waals surface area contributed by atoms with Crippen LogP contribution in [-0.4, -0.2) is 37.3 Å². The fourth-order valence-corrected chi connectivity index (χ4v) is 4.19. The summed E-state index contributed by atoms with van der Waals surface area (Å²) < 4.78 is 46.2. The number of fused-ring (bicyclic) bond motifs is 1. The van der Waals surface area contributed by atoms with Crippen LogP contribution < -0.4 is 4.74 Å². The Morgan fingerprint density at radius 2 is 1.89 bits per heavy atom. The van der Waals surface area contributed by atoms with Crippen LogP contribution in [0.5, 0.6) is 5.75 Å². The van der Waals surface area contributed by atoms with Crippen molar-refractivity contribution in [3.05, 3.63) is 76.9 Å². The molecule has 3 aromatic rings. The highest BCUT2D eigenvalue weighted by molar-refractivity contribution is 5.69. The zero-order chi connectivity index (χ0) is 25.7. The summed E-state index contributed by atoms with van der Waals surface area (Å²) in [4.78, 5) is 13.1. The molecule has 0 saturated carbocycles. The Balaban J connectivity index is 1.34. The second-order valence-corrected chi connectivity index (χ2v) is 8.52. The van der Waals surface area contributed by atoms with Crippen molar-refractivity contribution in [2.45, 2.75) is 51.7 Å². The van der Waals surface area contributed by atoms with E-state index in [1.807, 2.05) is 41.3 Å². The smallest absolute Gasteiger partial charge is 0.451 e. The number of carbonyl (C=O) groups is 1. The maximum absolute atomic E-state index is 13.0. The van der Waals surface area contributed by atoms with Gasteiger partial charge in [0.1, 0.15) is 18.2 Å². The standard InChI is InChI=1S/C26H25F3N4O3/c1-2-4-21(14-24(34)35)20-7-9-22(10-8-20)36-17-19-6-3-5-18(13-19)15-32-11-12-33-23(16-32)30-31-25(33)26(27,28)29/h3,5-10,13,21H,11-12,14-17H2,1H3,(H,34,35). The highest BCUT2D eigenvalue weighted by Gasteiger charge is 2.39. The van der Waals surface area contributed by atoms with Crippen molar-refractivity contribution in [3.8, 4) is 17.6 Å². The number of alkyl halides is 3. The average Bonchev–Trinajstić information content (AvgIpc) is 3.27. The molecule has 1 aliphatic rings. The van der Waals surface area contributed by atoms with E-state index in [-0.39, 0.29) is 18.9 Å². The van der Waals surface area contributed by atoms with E-state index in [0.717, 1.165) is 21.3 Å². The SMILES string of the molecule is CC#CC(CC(=O)O)c1ccc(OCc2cccc(CN3CCn4c(nnc4C(F)(F)F)C3)c2)cc1. The summed E-state index contributed by atoms with van der Waals surface area (Å²) in [6.07, 6.45) is -4.57. The number of carboxylic acids is 1. The monoisotopic (exact) mass is 498 g/mol. The number of aromatic nitrogens is 3. The lowest BCUT2D eigenvalue weighted by atomic mass is 9.96. The molecule has 2 heterocycles. The summed E-state index contributed by atoms with van der Waals surface area (Å²) in [7, 11) is 0. The van der Waals surface area contributed by atoms with E-state index >= 15 is 0 Å². The Kier molecular flexibility index (Phi) is 7.60. The van der Waals surface area contributed by atoms with Crippen molar-refractivity contribution in [3.63, 3.8) is 0 Å². The summed E-state index contributed by atoms with van der Waals surface area (Å²) in [5.74, 6) is 4.45. The fraction of sp³-hybridized carbons (Fsp3) is 0.346. The third-order valence-electron chi connectivity index (χ3n) is 5.87. The molecule has 1 aromatic heterocycles. The van der Waals surface area contributed by atoms with Gasteiger partial charge in [-0.2, -0.15) is 13.2 Å². The summed E-state index contributed by atoms with van der Waals surface area (Å²) in [5, 5.41) is 16.2. The van der Waals surface area contributed by atoms with Crippen LogP contribution >= 0.6 is 0 Å². The number of rotatable bonds is 8. The van der Waals surface area contributed by atoms with Gasteiger partial charge in [0.25, 0.3) is 0 Å². The minimum absolute atomic E-state index is 0.0628. The van der Waals surface area contributed by atoms with Crippen molar-refractivity contribution < 1.29 is 27.8 Å². The largest absolute Gasteiger partial charge is 0.489 e. The van der Waals surface area contributed by atoms with Gasteiger partial charge in [0.15, 0.2) is 0 Å². The zero-order valence-corrected chi connectivity index (χ0v) is 19.6. The van der Waals surface area contributed by atoms with Crippen LogP contribution in [0.25, 0.3) is 0 Å². The molecule has 4 rings (SSSR count). The first-order valence-electron chi connectivity index (χ1n) is 11.4. The molecule has 7 nitrogen and oxygen atoms in total. The zero-order valence-electron chi connectivity index (χ0n) is 19.6. The van der Waals surface area contributed by atoms with Gasteiger partial charge in [-0.25, -0.2) is 0 Å². The molecule has 10 heteroatoms. The van der Waals surface area contributed by atoms with Crippen molar-refractivity contribution in [2.75, 3.05) is 6.54 Å². The normalized spacial score (nSPS) is 14.4. The Morgan fingerprint density at radius 3 is 2.58 bits per heavy atom. The Bertz CT molecular complexity index is 1280. The minimum Gasteiger partial charge on any atom is -0.489 e. The predicted molar refractivity (Wildman–Crippen MR) is 125 cm³/mol. The second kappa shape index (κ2) is 10.8. The van der Waals surface area contributed by atoms with Crippen molar-refractivity contribution in [1.29, 1.82) is 0 Å². The number of aliphatic carboxylic acids is 1. The van der Waals surface area contributed by atoms with Gasteiger partial charge in [-0.3, -0.25) is 9.69 Å². The highest BCUT2D eigenvalue weighted by Crippen LogP contribution is 2.29. The highest BCUT2D eigenvalue weighted by atomic mass is 19.4. The summed E-state index contributed by atoms with van der Waals surface area (Å²) >= 11 is 0. The fourth-order valence-electron chi connectivity index (χ4n) is 4.19. The van der Waals surface area contributed by atoms with E-state index in [0.29, 0.717) is 37.8 Å². The molecule has 0 bridgehead atoms. The first-order chi connectivity index (χ1) is 17.2. The van der Waals surface area contributed by atoms with Crippen molar-refractivity contribution in [2.24, 2.45) is 0 Å². The van der Waals surface area contributed by atoms with Crippen LogP contribution in [-0.2, 0) is 37.2 Å². The molecule has 0 amide bonds. The topological polar surface area (TPSA) is 80.5 Å². The van der Waals surface area contributed by atoms with Gasteiger partial charge in [-0.15, -0.1) is 16.1 Å². The molecule has 188 valence electrons. The number of ether oxygens (including phenoxy) is 1. The van der Waals surface area contributed by atoms with Gasteiger partial charge in [0.05, 0.1) is 18.9 Å². The van der Waals surface area contributed by atoms with Gasteiger partial charge in [0, 0.05) is 19.6 Å². The summed E-state index contributed by atoms with van der Waals surface area (Å²) in [6, 6.07) is 15.1. The molecular formula is C26H25F3N4O3. The molecule has 1 unspecified atom stereocenters. The quantitative estimate of drug-likeness (QED) is 0.462. The number of benzene rings is 2. The third-order valence-corrected chi connectivity index (χ3v) is 5.87. The number of nitrogens with zero attached hydrogens (tertiary/aromatic N) is 4. The van der Waals surface area contributed by atoms with E-state index in [1.54, 1.807) is 19.1 Å². The number of carboxylic acid groups (broad SMARTS) is 1. The molecular weight excluding hydrogens is 473 g/mol. The van der Waals surface area contributed by atoms with E-state index in [1.165, 1.54) is 0 Å². The average molecular weight is 499 g/mol. The molecule has 0 radical (unpaired) electrons. The number of hydrogen-bond donors (Lipinski definition) is 1.